The maximum atomic E-state index is 12.5. The second kappa shape index (κ2) is 10.1. The molecule has 0 radical (unpaired) electrons. The SMILES string of the molecule is COCC(=O)N1CCCCN2[C@H](CO)[C@@H](c3ccc(C#Cc4ccccc4)cc3)[C@H]2C1. The number of nitrogens with zero attached hydrogens (tertiary/aromatic N) is 2. The topological polar surface area (TPSA) is 53.0 Å². The molecule has 5 nitrogen and oxygen atoms in total. The van der Waals surface area contributed by atoms with E-state index in [1.165, 1.54) is 5.56 Å². The van der Waals surface area contributed by atoms with E-state index in [9.17, 15) is 9.90 Å². The summed E-state index contributed by atoms with van der Waals surface area (Å²) in [7, 11) is 1.56. The van der Waals surface area contributed by atoms with Gasteiger partial charge in [0, 0.05) is 49.3 Å². The molecule has 1 N–H and O–H groups in total. The van der Waals surface area contributed by atoms with E-state index in [0.717, 1.165) is 37.1 Å². The summed E-state index contributed by atoms with van der Waals surface area (Å²) in [6.45, 7) is 2.67. The molecule has 162 valence electrons. The Morgan fingerprint density at radius 1 is 1.03 bits per heavy atom. The van der Waals surface area contributed by atoms with Crippen LogP contribution in [0.4, 0.5) is 0 Å². The van der Waals surface area contributed by atoms with Crippen molar-refractivity contribution in [3.8, 4) is 11.8 Å². The Morgan fingerprint density at radius 3 is 2.39 bits per heavy atom. The Labute approximate surface area is 184 Å². The summed E-state index contributed by atoms with van der Waals surface area (Å²) in [6, 6.07) is 18.6. The molecule has 1 amide bonds. The van der Waals surface area contributed by atoms with Crippen molar-refractivity contribution in [1.29, 1.82) is 0 Å². The van der Waals surface area contributed by atoms with E-state index in [1.807, 2.05) is 35.2 Å². The van der Waals surface area contributed by atoms with Crippen LogP contribution in [0.15, 0.2) is 54.6 Å². The van der Waals surface area contributed by atoms with Crippen molar-refractivity contribution in [2.45, 2.75) is 30.8 Å². The quantitative estimate of drug-likeness (QED) is 0.776. The number of ether oxygens (including phenoxy) is 1. The Balaban J connectivity index is 1.51. The van der Waals surface area contributed by atoms with Gasteiger partial charge in [0.1, 0.15) is 6.61 Å². The summed E-state index contributed by atoms with van der Waals surface area (Å²) in [6.07, 6.45) is 2.01. The maximum absolute atomic E-state index is 12.5. The molecule has 2 aromatic rings. The van der Waals surface area contributed by atoms with Crippen LogP contribution in [0.3, 0.4) is 0 Å². The number of benzene rings is 2. The molecule has 0 spiro atoms. The van der Waals surface area contributed by atoms with Crippen molar-refractivity contribution in [2.75, 3.05) is 40.0 Å². The van der Waals surface area contributed by atoms with Gasteiger partial charge >= 0.3 is 0 Å². The first-order chi connectivity index (χ1) is 15.2. The highest BCUT2D eigenvalue weighted by Gasteiger charge is 2.49. The number of hydrogen-bond donors (Lipinski definition) is 1. The predicted molar refractivity (Wildman–Crippen MR) is 121 cm³/mol. The van der Waals surface area contributed by atoms with Gasteiger partial charge in [0.2, 0.25) is 5.91 Å². The number of hydrogen-bond acceptors (Lipinski definition) is 4. The Hall–Kier alpha value is -2.65. The Kier molecular flexibility index (Phi) is 7.03. The number of carbonyl (C=O) groups excluding carboxylic acids is 1. The highest BCUT2D eigenvalue weighted by atomic mass is 16.5. The molecule has 31 heavy (non-hydrogen) atoms. The normalized spacial score (nSPS) is 23.5. The first-order valence-electron chi connectivity index (χ1n) is 11.0. The molecular weight excluding hydrogens is 388 g/mol. The zero-order valence-corrected chi connectivity index (χ0v) is 18.0. The second-order valence-corrected chi connectivity index (χ2v) is 8.30. The van der Waals surface area contributed by atoms with Gasteiger partial charge in [-0.1, -0.05) is 42.2 Å². The van der Waals surface area contributed by atoms with Gasteiger partial charge in [-0.15, -0.1) is 0 Å². The average Bonchev–Trinajstić information content (AvgIpc) is 2.78. The van der Waals surface area contributed by atoms with Crippen LogP contribution in [0.2, 0.25) is 0 Å². The van der Waals surface area contributed by atoms with Crippen LogP contribution in [0, 0.1) is 11.8 Å². The molecule has 0 bridgehead atoms. The minimum Gasteiger partial charge on any atom is -0.395 e. The largest absolute Gasteiger partial charge is 0.395 e. The van der Waals surface area contributed by atoms with E-state index < -0.39 is 0 Å². The van der Waals surface area contributed by atoms with E-state index in [-0.39, 0.29) is 37.1 Å². The van der Waals surface area contributed by atoms with Gasteiger partial charge in [0.15, 0.2) is 0 Å². The molecule has 0 aromatic heterocycles. The van der Waals surface area contributed by atoms with Gasteiger partial charge in [-0.2, -0.15) is 0 Å². The van der Waals surface area contributed by atoms with Crippen LogP contribution in [0.5, 0.6) is 0 Å². The Morgan fingerprint density at radius 2 is 1.71 bits per heavy atom. The van der Waals surface area contributed by atoms with Crippen LogP contribution < -0.4 is 0 Å². The summed E-state index contributed by atoms with van der Waals surface area (Å²) in [5, 5.41) is 10.1. The number of methoxy groups -OCH3 is 1. The third-order valence-electron chi connectivity index (χ3n) is 6.41. The molecule has 2 aromatic carbocycles. The molecule has 2 heterocycles. The number of aliphatic hydroxyl groups is 1. The van der Waals surface area contributed by atoms with Crippen LogP contribution >= 0.6 is 0 Å². The lowest BCUT2D eigenvalue weighted by Gasteiger charge is -2.57. The molecule has 0 unspecified atom stereocenters. The van der Waals surface area contributed by atoms with Crippen molar-refractivity contribution in [2.24, 2.45) is 0 Å². The lowest BCUT2D eigenvalue weighted by atomic mass is 9.74. The maximum Gasteiger partial charge on any atom is 0.248 e. The molecule has 5 heteroatoms. The molecule has 2 aliphatic heterocycles. The summed E-state index contributed by atoms with van der Waals surface area (Å²) in [5.41, 5.74) is 3.17. The highest BCUT2D eigenvalue weighted by molar-refractivity contribution is 5.77. The van der Waals surface area contributed by atoms with Gasteiger partial charge in [0.25, 0.3) is 0 Å². The van der Waals surface area contributed by atoms with Crippen molar-refractivity contribution in [3.63, 3.8) is 0 Å². The number of amides is 1. The van der Waals surface area contributed by atoms with Gasteiger partial charge in [-0.3, -0.25) is 9.69 Å². The Bertz CT molecular complexity index is 933. The smallest absolute Gasteiger partial charge is 0.248 e. The lowest BCUT2D eigenvalue weighted by molar-refractivity contribution is -0.140. The molecule has 2 aliphatic rings. The van der Waals surface area contributed by atoms with Gasteiger partial charge in [0.05, 0.1) is 6.61 Å². The third-order valence-corrected chi connectivity index (χ3v) is 6.41. The van der Waals surface area contributed by atoms with Gasteiger partial charge in [-0.05, 0) is 49.2 Å². The minimum atomic E-state index is 0.0436. The number of rotatable bonds is 4. The van der Waals surface area contributed by atoms with Crippen molar-refractivity contribution in [1.82, 2.24) is 9.80 Å². The number of aliphatic hydroxyl groups excluding tert-OH is 1. The predicted octanol–water partition coefficient (Wildman–Crippen LogP) is 2.48. The van der Waals surface area contributed by atoms with E-state index in [1.54, 1.807) is 7.11 Å². The lowest BCUT2D eigenvalue weighted by Crippen LogP contribution is -2.68. The zero-order chi connectivity index (χ0) is 21.6. The molecular formula is C26H30N2O3. The van der Waals surface area contributed by atoms with E-state index in [2.05, 4.69) is 41.0 Å². The van der Waals surface area contributed by atoms with Crippen molar-refractivity contribution >= 4 is 5.91 Å². The van der Waals surface area contributed by atoms with Gasteiger partial charge in [-0.25, -0.2) is 0 Å². The molecule has 3 atom stereocenters. The third kappa shape index (κ3) is 4.83. The fourth-order valence-electron chi connectivity index (χ4n) is 4.84. The van der Waals surface area contributed by atoms with Crippen molar-refractivity contribution < 1.29 is 14.6 Å². The van der Waals surface area contributed by atoms with Crippen molar-refractivity contribution in [3.05, 3.63) is 71.3 Å². The van der Waals surface area contributed by atoms with Crippen LogP contribution in [0.25, 0.3) is 0 Å². The highest BCUT2D eigenvalue weighted by Crippen LogP contribution is 2.41. The monoisotopic (exact) mass is 418 g/mol. The summed E-state index contributed by atoms with van der Waals surface area (Å²) in [4.78, 5) is 16.8. The minimum absolute atomic E-state index is 0.0436. The second-order valence-electron chi connectivity index (χ2n) is 8.30. The van der Waals surface area contributed by atoms with E-state index in [0.29, 0.717) is 6.54 Å². The van der Waals surface area contributed by atoms with Gasteiger partial charge < -0.3 is 14.7 Å². The molecule has 2 saturated heterocycles. The van der Waals surface area contributed by atoms with Crippen LogP contribution in [-0.4, -0.2) is 72.9 Å². The molecule has 0 saturated carbocycles. The average molecular weight is 419 g/mol. The number of fused-ring (bicyclic) bond motifs is 1. The van der Waals surface area contributed by atoms with Crippen LogP contribution in [0.1, 0.15) is 35.4 Å². The molecule has 2 fully saturated rings. The van der Waals surface area contributed by atoms with Crippen LogP contribution in [-0.2, 0) is 9.53 Å². The number of carbonyl (C=O) groups is 1. The first kappa shape index (κ1) is 21.6. The molecule has 4 rings (SSSR count). The molecule has 0 aliphatic carbocycles. The summed E-state index contributed by atoms with van der Waals surface area (Å²) in [5.74, 6) is 6.67. The van der Waals surface area contributed by atoms with E-state index in [4.69, 9.17) is 4.74 Å². The first-order valence-corrected chi connectivity index (χ1v) is 11.0. The zero-order valence-electron chi connectivity index (χ0n) is 18.0. The standard InChI is InChI=1S/C26H30N2O3/c1-31-19-25(30)27-15-5-6-16-28-23(17-27)26(24(28)18-29)22-13-11-21(12-14-22)10-9-20-7-3-2-4-8-20/h2-4,7-8,11-14,23-24,26,29H,5-6,15-19H2,1H3/t23-,24-,26+/m1/s1. The summed E-state index contributed by atoms with van der Waals surface area (Å²) < 4.78 is 5.07. The fraction of sp³-hybridized carbons (Fsp3) is 0.423. The fourth-order valence-corrected chi connectivity index (χ4v) is 4.84. The summed E-state index contributed by atoms with van der Waals surface area (Å²) >= 11 is 0. The van der Waals surface area contributed by atoms with E-state index >= 15 is 0 Å².